The van der Waals surface area contributed by atoms with Crippen molar-refractivity contribution >= 4 is 5.78 Å². The third-order valence-electron chi connectivity index (χ3n) is 3.48. The van der Waals surface area contributed by atoms with Crippen molar-refractivity contribution in [3.8, 4) is 0 Å². The van der Waals surface area contributed by atoms with E-state index in [4.69, 9.17) is 14.2 Å². The maximum atomic E-state index is 11.8. The highest BCUT2D eigenvalue weighted by molar-refractivity contribution is 6.08. The Hall–Kier alpha value is -2.01. The zero-order valence-corrected chi connectivity index (χ0v) is 12.9. The van der Waals surface area contributed by atoms with Gasteiger partial charge in [-0.05, 0) is 0 Å². The predicted octanol–water partition coefficient (Wildman–Crippen LogP) is 2.72. The average Bonchev–Trinajstić information content (AvgIpc) is 3.52. The van der Waals surface area contributed by atoms with Crippen molar-refractivity contribution in [1.82, 2.24) is 0 Å². The lowest BCUT2D eigenvalue weighted by atomic mass is 10.0. The molecule has 120 valence electrons. The summed E-state index contributed by atoms with van der Waals surface area (Å²) in [4.78, 5) is 11.8. The summed E-state index contributed by atoms with van der Waals surface area (Å²) in [6, 6.07) is 18.6. The van der Waals surface area contributed by atoms with Crippen LogP contribution in [0.5, 0.6) is 0 Å². The fourth-order valence-corrected chi connectivity index (χ4v) is 2.01. The highest BCUT2D eigenvalue weighted by Crippen LogP contribution is 2.12. The van der Waals surface area contributed by atoms with Crippen LogP contribution in [0.25, 0.3) is 0 Å². The van der Waals surface area contributed by atoms with Gasteiger partial charge in [0.25, 0.3) is 0 Å². The minimum absolute atomic E-state index is 0.0752. The summed E-state index contributed by atoms with van der Waals surface area (Å²) >= 11 is 0. The second-order valence-electron chi connectivity index (χ2n) is 5.51. The second kappa shape index (κ2) is 8.02. The Morgan fingerprint density at radius 3 is 1.57 bits per heavy atom. The van der Waals surface area contributed by atoms with Gasteiger partial charge in [0, 0.05) is 11.1 Å². The first-order chi connectivity index (χ1) is 11.3. The summed E-state index contributed by atoms with van der Waals surface area (Å²) in [5, 5.41) is 0. The normalized spacial score (nSPS) is 21.0. The molecule has 23 heavy (non-hydrogen) atoms. The number of benzene rings is 2. The van der Waals surface area contributed by atoms with Crippen LogP contribution >= 0.6 is 0 Å². The SMILES string of the molecule is C(OCC1CO1)C1CO1.O=C(c1ccccc1)c1ccccc1. The molecule has 2 aliphatic heterocycles. The van der Waals surface area contributed by atoms with Crippen LogP contribution < -0.4 is 0 Å². The van der Waals surface area contributed by atoms with Gasteiger partial charge in [0.1, 0.15) is 12.2 Å². The zero-order valence-electron chi connectivity index (χ0n) is 12.9. The molecule has 0 saturated carbocycles. The summed E-state index contributed by atoms with van der Waals surface area (Å²) in [5.74, 6) is 0.0752. The third-order valence-corrected chi connectivity index (χ3v) is 3.48. The minimum atomic E-state index is 0.0752. The van der Waals surface area contributed by atoms with Crippen LogP contribution in [-0.4, -0.2) is 44.4 Å². The number of ketones is 1. The van der Waals surface area contributed by atoms with Gasteiger partial charge in [-0.3, -0.25) is 4.79 Å². The van der Waals surface area contributed by atoms with Crippen molar-refractivity contribution < 1.29 is 19.0 Å². The summed E-state index contributed by atoms with van der Waals surface area (Å²) < 4.78 is 15.1. The molecule has 2 unspecified atom stereocenters. The van der Waals surface area contributed by atoms with Crippen LogP contribution in [0.1, 0.15) is 15.9 Å². The highest BCUT2D eigenvalue weighted by atomic mass is 16.6. The molecule has 2 aromatic carbocycles. The molecular formula is C19H20O4. The second-order valence-corrected chi connectivity index (χ2v) is 5.51. The molecule has 2 aliphatic rings. The van der Waals surface area contributed by atoms with E-state index in [0.717, 1.165) is 37.6 Å². The highest BCUT2D eigenvalue weighted by Gasteiger charge is 2.26. The van der Waals surface area contributed by atoms with Crippen molar-refractivity contribution in [1.29, 1.82) is 0 Å². The van der Waals surface area contributed by atoms with Gasteiger partial charge in [-0.25, -0.2) is 0 Å². The summed E-state index contributed by atoms with van der Waals surface area (Å²) in [6.45, 7) is 3.26. The predicted molar refractivity (Wildman–Crippen MR) is 86.6 cm³/mol. The molecule has 4 heteroatoms. The number of hydrogen-bond donors (Lipinski definition) is 0. The molecular weight excluding hydrogens is 292 g/mol. The van der Waals surface area contributed by atoms with E-state index in [-0.39, 0.29) is 5.78 Å². The number of ether oxygens (including phenoxy) is 3. The molecule has 4 nitrogen and oxygen atoms in total. The molecule has 2 heterocycles. The van der Waals surface area contributed by atoms with Gasteiger partial charge in [-0.1, -0.05) is 60.7 Å². The quantitative estimate of drug-likeness (QED) is 0.608. The number of carbonyl (C=O) groups excluding carboxylic acids is 1. The Bertz CT molecular complexity index is 550. The van der Waals surface area contributed by atoms with Crippen molar-refractivity contribution in [2.75, 3.05) is 26.4 Å². The third kappa shape index (κ3) is 5.60. The first-order valence-electron chi connectivity index (χ1n) is 7.78. The molecule has 2 aromatic rings. The lowest BCUT2D eigenvalue weighted by molar-refractivity contribution is 0.102. The maximum absolute atomic E-state index is 11.8. The van der Waals surface area contributed by atoms with Gasteiger partial charge in [0.15, 0.2) is 5.78 Å². The lowest BCUT2D eigenvalue weighted by Crippen LogP contribution is -2.06. The number of carbonyl (C=O) groups is 1. The number of rotatable bonds is 6. The summed E-state index contributed by atoms with van der Waals surface area (Å²) in [6.07, 6.45) is 0.785. The Balaban J connectivity index is 0.000000149. The molecule has 0 N–H and O–H groups in total. The molecule has 2 fully saturated rings. The van der Waals surface area contributed by atoms with E-state index in [2.05, 4.69) is 0 Å². The van der Waals surface area contributed by atoms with E-state index in [0.29, 0.717) is 12.2 Å². The maximum Gasteiger partial charge on any atom is 0.193 e. The monoisotopic (exact) mass is 312 g/mol. The molecule has 0 aromatic heterocycles. The molecule has 2 saturated heterocycles. The molecule has 2 atom stereocenters. The number of hydrogen-bond acceptors (Lipinski definition) is 4. The zero-order chi connectivity index (χ0) is 15.9. The van der Waals surface area contributed by atoms with Gasteiger partial charge < -0.3 is 14.2 Å². The molecule has 0 spiro atoms. The van der Waals surface area contributed by atoms with Crippen LogP contribution in [-0.2, 0) is 14.2 Å². The number of epoxide rings is 2. The van der Waals surface area contributed by atoms with Crippen LogP contribution in [0.3, 0.4) is 0 Å². The first kappa shape index (κ1) is 15.9. The summed E-state index contributed by atoms with van der Waals surface area (Å²) in [7, 11) is 0. The molecule has 0 bridgehead atoms. The Kier molecular flexibility index (Phi) is 5.53. The largest absolute Gasteiger partial charge is 0.376 e. The summed E-state index contributed by atoms with van der Waals surface area (Å²) in [5.41, 5.74) is 1.47. The van der Waals surface area contributed by atoms with Crippen LogP contribution in [0.4, 0.5) is 0 Å². The van der Waals surface area contributed by atoms with E-state index < -0.39 is 0 Å². The Morgan fingerprint density at radius 2 is 1.22 bits per heavy atom. The average molecular weight is 312 g/mol. The first-order valence-corrected chi connectivity index (χ1v) is 7.78. The van der Waals surface area contributed by atoms with Gasteiger partial charge >= 0.3 is 0 Å². The standard InChI is InChI=1S/C13H10O.C6H10O3/c14-13(11-7-3-1-4-8-11)12-9-5-2-6-10-12;1(5-3-8-5)7-2-6-4-9-6/h1-10H;5-6H,1-4H2. The minimum Gasteiger partial charge on any atom is -0.376 e. The van der Waals surface area contributed by atoms with Crippen LogP contribution in [0, 0.1) is 0 Å². The van der Waals surface area contributed by atoms with Crippen molar-refractivity contribution in [2.45, 2.75) is 12.2 Å². The molecule has 0 radical (unpaired) electrons. The Labute approximate surface area is 136 Å². The molecule has 0 amide bonds. The topological polar surface area (TPSA) is 51.4 Å². The van der Waals surface area contributed by atoms with Crippen molar-refractivity contribution in [3.63, 3.8) is 0 Å². The van der Waals surface area contributed by atoms with Gasteiger partial charge in [0.2, 0.25) is 0 Å². The van der Waals surface area contributed by atoms with E-state index >= 15 is 0 Å². The van der Waals surface area contributed by atoms with E-state index in [1.165, 1.54) is 0 Å². The van der Waals surface area contributed by atoms with Crippen LogP contribution in [0.15, 0.2) is 60.7 Å². The lowest BCUT2D eigenvalue weighted by Gasteiger charge is -1.99. The Morgan fingerprint density at radius 1 is 0.826 bits per heavy atom. The fourth-order valence-electron chi connectivity index (χ4n) is 2.01. The van der Waals surface area contributed by atoms with E-state index in [1.54, 1.807) is 0 Å². The van der Waals surface area contributed by atoms with Crippen LogP contribution in [0.2, 0.25) is 0 Å². The van der Waals surface area contributed by atoms with Crippen molar-refractivity contribution in [3.05, 3.63) is 71.8 Å². The molecule has 0 aliphatic carbocycles. The fraction of sp³-hybridized carbons (Fsp3) is 0.316. The van der Waals surface area contributed by atoms with Gasteiger partial charge in [-0.2, -0.15) is 0 Å². The molecule has 4 rings (SSSR count). The smallest absolute Gasteiger partial charge is 0.193 e. The van der Waals surface area contributed by atoms with Crippen molar-refractivity contribution in [2.24, 2.45) is 0 Å². The van der Waals surface area contributed by atoms with E-state index in [1.807, 2.05) is 60.7 Å². The van der Waals surface area contributed by atoms with Gasteiger partial charge in [0.05, 0.1) is 26.4 Å². The van der Waals surface area contributed by atoms with E-state index in [9.17, 15) is 4.79 Å². The van der Waals surface area contributed by atoms with Gasteiger partial charge in [-0.15, -0.1) is 0 Å².